The van der Waals surface area contributed by atoms with Crippen LogP contribution >= 0.6 is 0 Å². The van der Waals surface area contributed by atoms with Crippen LogP contribution in [-0.2, 0) is 4.79 Å². The van der Waals surface area contributed by atoms with Crippen LogP contribution in [0.3, 0.4) is 0 Å². The minimum absolute atomic E-state index is 0.0224. The lowest BCUT2D eigenvalue weighted by Crippen LogP contribution is -2.49. The molecule has 0 bridgehead atoms. The number of benzene rings is 1. The number of nitrogens with two attached hydrogens (primary N) is 1. The smallest absolute Gasteiger partial charge is 0.312 e. The second kappa shape index (κ2) is 7.44. The lowest BCUT2D eigenvalue weighted by Gasteiger charge is -2.22. The highest BCUT2D eigenvalue weighted by atomic mass is 16.2. The summed E-state index contributed by atoms with van der Waals surface area (Å²) in [7, 11) is 0. The Labute approximate surface area is 134 Å². The number of hydrogen-bond acceptors (Lipinski definition) is 3. The molecule has 2 rings (SSSR count). The summed E-state index contributed by atoms with van der Waals surface area (Å²) >= 11 is 0. The molecule has 4 N–H and O–H groups in total. The number of nitrogens with one attached hydrogen (secondary N) is 2. The van der Waals surface area contributed by atoms with Gasteiger partial charge < -0.3 is 16.4 Å². The number of primary amides is 1. The van der Waals surface area contributed by atoms with Crippen LogP contribution in [0.25, 0.3) is 5.69 Å². The number of carbonyl (C=O) groups excluding carboxylic acids is 2. The third-order valence-corrected chi connectivity index (χ3v) is 3.70. The number of urea groups is 1. The van der Waals surface area contributed by atoms with Gasteiger partial charge in [-0.15, -0.1) is 0 Å². The highest BCUT2D eigenvalue weighted by Crippen LogP contribution is 2.15. The molecule has 122 valence electrons. The van der Waals surface area contributed by atoms with E-state index in [1.165, 1.54) is 0 Å². The number of rotatable bonds is 6. The highest BCUT2D eigenvalue weighted by molar-refractivity contribution is 5.97. The van der Waals surface area contributed by atoms with Crippen molar-refractivity contribution < 1.29 is 9.59 Å². The molecule has 1 aromatic heterocycles. The van der Waals surface area contributed by atoms with E-state index in [0.717, 1.165) is 12.1 Å². The lowest BCUT2D eigenvalue weighted by atomic mass is 9.98. The van der Waals surface area contributed by atoms with Crippen LogP contribution in [0.15, 0.2) is 42.7 Å². The quantitative estimate of drug-likeness (QED) is 0.758. The van der Waals surface area contributed by atoms with Crippen molar-refractivity contribution in [2.24, 2.45) is 11.7 Å². The van der Waals surface area contributed by atoms with Gasteiger partial charge in [-0.3, -0.25) is 4.79 Å². The Morgan fingerprint density at radius 1 is 1.30 bits per heavy atom. The minimum Gasteiger partial charge on any atom is -0.352 e. The molecule has 0 aliphatic rings. The normalized spacial score (nSPS) is 13.1. The Morgan fingerprint density at radius 3 is 2.52 bits per heavy atom. The predicted octanol–water partition coefficient (Wildman–Crippen LogP) is 1.89. The Bertz CT molecular complexity index is 652. The fourth-order valence-corrected chi connectivity index (χ4v) is 2.19. The average molecular weight is 315 g/mol. The van der Waals surface area contributed by atoms with E-state index in [2.05, 4.69) is 15.7 Å². The van der Waals surface area contributed by atoms with E-state index in [-0.39, 0.29) is 11.8 Å². The van der Waals surface area contributed by atoms with E-state index in [1.54, 1.807) is 23.0 Å². The molecule has 2 unspecified atom stereocenters. The van der Waals surface area contributed by atoms with Gasteiger partial charge in [0.25, 0.3) is 0 Å². The van der Waals surface area contributed by atoms with Crippen molar-refractivity contribution in [1.82, 2.24) is 15.1 Å². The summed E-state index contributed by atoms with van der Waals surface area (Å²) in [6, 6.07) is 7.73. The van der Waals surface area contributed by atoms with Crippen molar-refractivity contribution >= 4 is 17.6 Å². The van der Waals surface area contributed by atoms with Gasteiger partial charge in [0.05, 0.1) is 5.69 Å². The monoisotopic (exact) mass is 315 g/mol. The van der Waals surface area contributed by atoms with Crippen molar-refractivity contribution in [1.29, 1.82) is 0 Å². The Balaban J connectivity index is 2.07. The summed E-state index contributed by atoms with van der Waals surface area (Å²) in [5, 5.41) is 9.43. The molecule has 2 atom stereocenters. The molecule has 2 aromatic rings. The van der Waals surface area contributed by atoms with E-state index in [1.807, 2.05) is 38.2 Å². The van der Waals surface area contributed by atoms with Gasteiger partial charge in [-0.1, -0.05) is 20.3 Å². The van der Waals surface area contributed by atoms with E-state index >= 15 is 0 Å². The molecule has 0 aliphatic carbocycles. The molecule has 1 aromatic carbocycles. The third-order valence-electron chi connectivity index (χ3n) is 3.70. The van der Waals surface area contributed by atoms with Gasteiger partial charge in [0.1, 0.15) is 6.04 Å². The molecule has 23 heavy (non-hydrogen) atoms. The Hall–Kier alpha value is -2.83. The molecule has 3 amide bonds. The number of nitrogens with zero attached hydrogens (tertiary/aromatic N) is 2. The summed E-state index contributed by atoms with van der Waals surface area (Å²) in [5.41, 5.74) is 6.69. The maximum Gasteiger partial charge on any atom is 0.312 e. The number of carbonyl (C=O) groups is 2. The molecular formula is C16H21N5O2. The van der Waals surface area contributed by atoms with Crippen LogP contribution in [0, 0.1) is 5.92 Å². The van der Waals surface area contributed by atoms with Gasteiger partial charge in [-0.25, -0.2) is 9.48 Å². The number of amides is 3. The second-order valence-corrected chi connectivity index (χ2v) is 5.36. The maximum absolute atomic E-state index is 12.4. The zero-order chi connectivity index (χ0) is 16.8. The van der Waals surface area contributed by atoms with Crippen LogP contribution in [-0.4, -0.2) is 27.8 Å². The van der Waals surface area contributed by atoms with Gasteiger partial charge in [0, 0.05) is 18.1 Å². The van der Waals surface area contributed by atoms with E-state index in [4.69, 9.17) is 5.73 Å². The molecule has 0 saturated heterocycles. The molecular weight excluding hydrogens is 294 g/mol. The Morgan fingerprint density at radius 2 is 2.00 bits per heavy atom. The fourth-order valence-electron chi connectivity index (χ4n) is 2.19. The second-order valence-electron chi connectivity index (χ2n) is 5.36. The zero-order valence-electron chi connectivity index (χ0n) is 13.2. The third kappa shape index (κ3) is 4.32. The SMILES string of the molecule is CCC(C)C(NC(N)=O)C(=O)Nc1ccc(-n2cccn2)cc1. The molecule has 0 aliphatic heterocycles. The van der Waals surface area contributed by atoms with Crippen molar-refractivity contribution in [2.45, 2.75) is 26.3 Å². The van der Waals surface area contributed by atoms with Crippen LogP contribution in [0.1, 0.15) is 20.3 Å². The van der Waals surface area contributed by atoms with E-state index < -0.39 is 12.1 Å². The van der Waals surface area contributed by atoms with Gasteiger partial charge in [0.2, 0.25) is 5.91 Å². The van der Waals surface area contributed by atoms with Gasteiger partial charge >= 0.3 is 6.03 Å². The van der Waals surface area contributed by atoms with Gasteiger partial charge in [-0.05, 0) is 36.2 Å². The van der Waals surface area contributed by atoms with Gasteiger partial charge in [-0.2, -0.15) is 5.10 Å². The molecule has 0 saturated carbocycles. The average Bonchev–Trinajstić information content (AvgIpc) is 3.06. The maximum atomic E-state index is 12.4. The number of aromatic nitrogens is 2. The topological polar surface area (TPSA) is 102 Å². The van der Waals surface area contributed by atoms with Crippen molar-refractivity contribution in [3.05, 3.63) is 42.7 Å². The first-order valence-electron chi connectivity index (χ1n) is 7.48. The van der Waals surface area contributed by atoms with Crippen LogP contribution in [0.5, 0.6) is 0 Å². The molecule has 0 spiro atoms. The standard InChI is InChI=1S/C16H21N5O2/c1-3-11(2)14(20-16(17)23)15(22)19-12-5-7-13(8-6-12)21-10-4-9-18-21/h4-11,14H,3H2,1-2H3,(H,19,22)(H3,17,20,23). The van der Waals surface area contributed by atoms with Gasteiger partial charge in [0.15, 0.2) is 0 Å². The molecule has 1 heterocycles. The molecule has 7 nitrogen and oxygen atoms in total. The van der Waals surface area contributed by atoms with Crippen LogP contribution < -0.4 is 16.4 Å². The van der Waals surface area contributed by atoms with Crippen LogP contribution in [0.2, 0.25) is 0 Å². The van der Waals surface area contributed by atoms with Crippen molar-refractivity contribution in [3.63, 3.8) is 0 Å². The zero-order valence-corrected chi connectivity index (χ0v) is 13.2. The minimum atomic E-state index is -0.709. The largest absolute Gasteiger partial charge is 0.352 e. The number of hydrogen-bond donors (Lipinski definition) is 3. The summed E-state index contributed by atoms with van der Waals surface area (Å²) in [4.78, 5) is 23.4. The summed E-state index contributed by atoms with van der Waals surface area (Å²) in [5.74, 6) is -0.309. The lowest BCUT2D eigenvalue weighted by molar-refractivity contribution is -0.119. The summed E-state index contributed by atoms with van der Waals surface area (Å²) < 4.78 is 1.72. The first kappa shape index (κ1) is 16.5. The fraction of sp³-hybridized carbons (Fsp3) is 0.312. The summed E-state index contributed by atoms with van der Waals surface area (Å²) in [6.45, 7) is 3.84. The highest BCUT2D eigenvalue weighted by Gasteiger charge is 2.25. The first-order valence-corrected chi connectivity index (χ1v) is 7.48. The first-order chi connectivity index (χ1) is 11.0. The molecule has 0 radical (unpaired) electrons. The van der Waals surface area contributed by atoms with Crippen LogP contribution in [0.4, 0.5) is 10.5 Å². The Kier molecular flexibility index (Phi) is 5.35. The van der Waals surface area contributed by atoms with E-state index in [0.29, 0.717) is 5.69 Å². The predicted molar refractivity (Wildman–Crippen MR) is 88.2 cm³/mol. The van der Waals surface area contributed by atoms with Crippen molar-refractivity contribution in [2.75, 3.05) is 5.32 Å². The molecule has 7 heteroatoms. The number of anilines is 1. The van der Waals surface area contributed by atoms with E-state index in [9.17, 15) is 9.59 Å². The molecule has 0 fully saturated rings. The summed E-state index contributed by atoms with van der Waals surface area (Å²) in [6.07, 6.45) is 4.28. The van der Waals surface area contributed by atoms with Crippen molar-refractivity contribution in [3.8, 4) is 5.69 Å².